The number of carbonyl (C=O) groups is 3. The molecule has 0 aliphatic carbocycles. The average Bonchev–Trinajstić information content (AvgIpc) is 2.51. The molecule has 2 aromatic rings. The van der Waals surface area contributed by atoms with Gasteiger partial charge in [-0.15, -0.1) is 0 Å². The number of aromatic hydroxyl groups is 1. The molecule has 124 valence electrons. The lowest BCUT2D eigenvalue weighted by atomic mass is 10.2. The summed E-state index contributed by atoms with van der Waals surface area (Å²) < 4.78 is 0. The lowest BCUT2D eigenvalue weighted by Gasteiger charge is -2.09. The zero-order valence-corrected chi connectivity index (χ0v) is 13.2. The van der Waals surface area contributed by atoms with Gasteiger partial charge in [0, 0.05) is 18.3 Å². The Labute approximate surface area is 138 Å². The summed E-state index contributed by atoms with van der Waals surface area (Å²) in [6.45, 7) is 3.18. The van der Waals surface area contributed by atoms with Crippen molar-refractivity contribution in [3.05, 3.63) is 48.0 Å². The predicted octanol–water partition coefficient (Wildman–Crippen LogP) is 2.24. The van der Waals surface area contributed by atoms with Gasteiger partial charge in [0.25, 0.3) is 0 Å². The Kier molecular flexibility index (Phi) is 5.16. The number of aryl methyl sites for hydroxylation is 1. The smallest absolute Gasteiger partial charge is 0.314 e. The number of hydrogen-bond donors (Lipinski definition) is 4. The van der Waals surface area contributed by atoms with Gasteiger partial charge in [0.15, 0.2) is 0 Å². The van der Waals surface area contributed by atoms with Crippen molar-refractivity contribution in [3.63, 3.8) is 0 Å². The predicted molar refractivity (Wildman–Crippen MR) is 90.8 cm³/mol. The van der Waals surface area contributed by atoms with Crippen molar-refractivity contribution < 1.29 is 19.5 Å². The molecule has 2 rings (SSSR count). The molecule has 0 saturated carbocycles. The topological polar surface area (TPSA) is 108 Å². The maximum Gasteiger partial charge on any atom is 0.314 e. The summed E-state index contributed by atoms with van der Waals surface area (Å²) in [5.74, 6) is -2.10. The van der Waals surface area contributed by atoms with E-state index >= 15 is 0 Å². The van der Waals surface area contributed by atoms with Crippen molar-refractivity contribution in [1.82, 2.24) is 0 Å². The van der Waals surface area contributed by atoms with E-state index in [9.17, 15) is 19.5 Å². The number of nitrogens with one attached hydrogen (secondary N) is 3. The largest absolute Gasteiger partial charge is 0.506 e. The number of hydrogen-bond acceptors (Lipinski definition) is 4. The fraction of sp³-hybridized carbons (Fsp3) is 0.118. The molecule has 0 aliphatic heterocycles. The van der Waals surface area contributed by atoms with Crippen LogP contribution in [0.25, 0.3) is 0 Å². The molecule has 0 unspecified atom stereocenters. The second kappa shape index (κ2) is 7.28. The summed E-state index contributed by atoms with van der Waals surface area (Å²) in [5.41, 5.74) is 1.96. The lowest BCUT2D eigenvalue weighted by molar-refractivity contribution is -0.133. The van der Waals surface area contributed by atoms with Crippen LogP contribution in [0.3, 0.4) is 0 Å². The molecular formula is C17H17N3O4. The van der Waals surface area contributed by atoms with Gasteiger partial charge < -0.3 is 21.1 Å². The SMILES string of the molecule is CC(=O)Nc1ccc(NC(=O)C(=O)Nc2ccc(C)cc2O)cc1. The van der Waals surface area contributed by atoms with Gasteiger partial charge in [0.05, 0.1) is 5.69 Å². The van der Waals surface area contributed by atoms with Gasteiger partial charge in [-0.3, -0.25) is 14.4 Å². The van der Waals surface area contributed by atoms with Crippen LogP contribution in [0.2, 0.25) is 0 Å². The van der Waals surface area contributed by atoms with Gasteiger partial charge in [0.1, 0.15) is 5.75 Å². The number of carbonyl (C=O) groups excluding carboxylic acids is 3. The molecule has 4 N–H and O–H groups in total. The Morgan fingerprint density at radius 3 is 1.92 bits per heavy atom. The molecule has 24 heavy (non-hydrogen) atoms. The van der Waals surface area contributed by atoms with E-state index in [1.165, 1.54) is 19.1 Å². The van der Waals surface area contributed by atoms with Crippen molar-refractivity contribution in [2.45, 2.75) is 13.8 Å². The highest BCUT2D eigenvalue weighted by atomic mass is 16.3. The van der Waals surface area contributed by atoms with Crippen LogP contribution in [0.15, 0.2) is 42.5 Å². The van der Waals surface area contributed by atoms with Crippen LogP contribution >= 0.6 is 0 Å². The molecule has 0 heterocycles. The Balaban J connectivity index is 1.98. The molecule has 0 radical (unpaired) electrons. The van der Waals surface area contributed by atoms with Crippen LogP contribution in [0, 0.1) is 6.92 Å². The Morgan fingerprint density at radius 2 is 1.38 bits per heavy atom. The van der Waals surface area contributed by atoms with Crippen molar-refractivity contribution >= 4 is 34.8 Å². The van der Waals surface area contributed by atoms with Crippen LogP contribution in [-0.4, -0.2) is 22.8 Å². The van der Waals surface area contributed by atoms with Gasteiger partial charge in [-0.05, 0) is 48.9 Å². The first kappa shape index (κ1) is 17.0. The first-order valence-corrected chi connectivity index (χ1v) is 7.15. The fourth-order valence-corrected chi connectivity index (χ4v) is 1.95. The maximum atomic E-state index is 11.9. The van der Waals surface area contributed by atoms with Crippen LogP contribution in [0.1, 0.15) is 12.5 Å². The molecule has 7 nitrogen and oxygen atoms in total. The number of anilines is 3. The van der Waals surface area contributed by atoms with Crippen molar-refractivity contribution in [1.29, 1.82) is 0 Å². The molecule has 0 bridgehead atoms. The van der Waals surface area contributed by atoms with Crippen LogP contribution < -0.4 is 16.0 Å². The first-order valence-electron chi connectivity index (χ1n) is 7.15. The molecule has 2 aromatic carbocycles. The Bertz CT molecular complexity index is 785. The standard InChI is InChI=1S/C17H17N3O4/c1-10-3-8-14(15(22)9-10)20-17(24)16(23)19-13-6-4-12(5-7-13)18-11(2)21/h3-9,22H,1-2H3,(H,18,21)(H,19,23)(H,20,24). The number of phenolic OH excluding ortho intramolecular Hbond substituents is 1. The van der Waals surface area contributed by atoms with Gasteiger partial charge in [0.2, 0.25) is 5.91 Å². The van der Waals surface area contributed by atoms with E-state index in [0.717, 1.165) is 5.56 Å². The quantitative estimate of drug-likeness (QED) is 0.512. The van der Waals surface area contributed by atoms with Gasteiger partial charge in [-0.25, -0.2) is 0 Å². The Morgan fingerprint density at radius 1 is 0.833 bits per heavy atom. The summed E-state index contributed by atoms with van der Waals surface area (Å²) >= 11 is 0. The third-order valence-corrected chi connectivity index (χ3v) is 3.07. The highest BCUT2D eigenvalue weighted by Crippen LogP contribution is 2.23. The lowest BCUT2D eigenvalue weighted by Crippen LogP contribution is -2.29. The minimum absolute atomic E-state index is 0.115. The van der Waals surface area contributed by atoms with E-state index in [2.05, 4.69) is 16.0 Å². The molecule has 0 aliphatic rings. The second-order valence-electron chi connectivity index (χ2n) is 5.19. The number of phenols is 1. The number of amides is 3. The highest BCUT2D eigenvalue weighted by Gasteiger charge is 2.15. The van der Waals surface area contributed by atoms with Gasteiger partial charge in [-0.2, -0.15) is 0 Å². The molecule has 0 atom stereocenters. The van der Waals surface area contributed by atoms with Gasteiger partial charge in [-0.1, -0.05) is 6.07 Å². The van der Waals surface area contributed by atoms with E-state index in [4.69, 9.17) is 0 Å². The summed E-state index contributed by atoms with van der Waals surface area (Å²) in [4.78, 5) is 34.7. The van der Waals surface area contributed by atoms with E-state index in [1.807, 2.05) is 0 Å². The molecule has 0 spiro atoms. The minimum atomic E-state index is -0.903. The van der Waals surface area contributed by atoms with Gasteiger partial charge >= 0.3 is 11.8 Å². The first-order chi connectivity index (χ1) is 11.3. The normalized spacial score (nSPS) is 9.92. The highest BCUT2D eigenvalue weighted by molar-refractivity contribution is 6.43. The molecular weight excluding hydrogens is 310 g/mol. The van der Waals surface area contributed by atoms with Crippen molar-refractivity contribution in [2.75, 3.05) is 16.0 Å². The van der Waals surface area contributed by atoms with Crippen molar-refractivity contribution in [2.24, 2.45) is 0 Å². The second-order valence-corrected chi connectivity index (χ2v) is 5.19. The summed E-state index contributed by atoms with van der Waals surface area (Å²) in [6, 6.07) is 11.0. The minimum Gasteiger partial charge on any atom is -0.506 e. The number of benzene rings is 2. The molecule has 0 fully saturated rings. The zero-order valence-electron chi connectivity index (χ0n) is 13.2. The molecule has 7 heteroatoms. The average molecular weight is 327 g/mol. The Hall–Kier alpha value is -3.35. The summed E-state index contributed by atoms with van der Waals surface area (Å²) in [7, 11) is 0. The van der Waals surface area contributed by atoms with Crippen molar-refractivity contribution in [3.8, 4) is 5.75 Å². The third-order valence-electron chi connectivity index (χ3n) is 3.07. The zero-order chi connectivity index (χ0) is 17.7. The molecule has 0 aromatic heterocycles. The summed E-state index contributed by atoms with van der Waals surface area (Å²) in [6.07, 6.45) is 0. The molecule has 3 amide bonds. The maximum absolute atomic E-state index is 11.9. The van der Waals surface area contributed by atoms with Crippen LogP contribution in [0.5, 0.6) is 5.75 Å². The summed E-state index contributed by atoms with van der Waals surface area (Å²) in [5, 5.41) is 17.1. The van der Waals surface area contributed by atoms with E-state index in [-0.39, 0.29) is 17.3 Å². The third kappa shape index (κ3) is 4.57. The van der Waals surface area contributed by atoms with E-state index in [1.54, 1.807) is 37.3 Å². The molecule has 0 saturated heterocycles. The number of rotatable bonds is 3. The monoisotopic (exact) mass is 327 g/mol. The van der Waals surface area contributed by atoms with Crippen LogP contribution in [-0.2, 0) is 14.4 Å². The van der Waals surface area contributed by atoms with E-state index < -0.39 is 11.8 Å². The van der Waals surface area contributed by atoms with Crippen LogP contribution in [0.4, 0.5) is 17.1 Å². The fourth-order valence-electron chi connectivity index (χ4n) is 1.95. The van der Waals surface area contributed by atoms with E-state index in [0.29, 0.717) is 11.4 Å².